The van der Waals surface area contributed by atoms with Crippen LogP contribution in [0.1, 0.15) is 52.9 Å². The highest BCUT2D eigenvalue weighted by Gasteiger charge is 2.29. The minimum atomic E-state index is 0.447. The second kappa shape index (κ2) is 7.29. The predicted octanol–water partition coefficient (Wildman–Crippen LogP) is 3.22. The van der Waals surface area contributed by atoms with E-state index in [4.69, 9.17) is 4.74 Å². The van der Waals surface area contributed by atoms with Crippen molar-refractivity contribution in [1.82, 2.24) is 5.32 Å². The molecular weight excluding hydrogens is 198 g/mol. The maximum Gasteiger partial charge on any atom is 0.0730 e. The van der Waals surface area contributed by atoms with E-state index in [2.05, 4.69) is 33.1 Å². The van der Waals surface area contributed by atoms with Crippen LogP contribution in [0.4, 0.5) is 0 Å². The predicted molar refractivity (Wildman–Crippen MR) is 69.7 cm³/mol. The molecule has 0 amide bonds. The molecule has 1 rings (SSSR count). The molecule has 0 aromatic rings. The van der Waals surface area contributed by atoms with E-state index in [0.29, 0.717) is 12.1 Å². The molecule has 1 fully saturated rings. The summed E-state index contributed by atoms with van der Waals surface area (Å²) in [5.74, 6) is 1.63. The molecule has 1 aliphatic rings. The first kappa shape index (κ1) is 14.0. The molecule has 16 heavy (non-hydrogen) atoms. The normalized spacial score (nSPS) is 30.9. The van der Waals surface area contributed by atoms with Gasteiger partial charge in [-0.3, -0.25) is 0 Å². The molecular formula is C14H29NO. The summed E-state index contributed by atoms with van der Waals surface area (Å²) in [7, 11) is 2.07. The number of hydrogen-bond donors (Lipinski definition) is 1. The Morgan fingerprint density at radius 1 is 1.31 bits per heavy atom. The van der Waals surface area contributed by atoms with Gasteiger partial charge in [0.05, 0.1) is 6.10 Å². The van der Waals surface area contributed by atoms with Crippen molar-refractivity contribution >= 4 is 0 Å². The average molecular weight is 227 g/mol. The van der Waals surface area contributed by atoms with Crippen LogP contribution >= 0.6 is 0 Å². The van der Waals surface area contributed by atoms with Gasteiger partial charge in [-0.15, -0.1) is 0 Å². The van der Waals surface area contributed by atoms with Crippen LogP contribution in [0.5, 0.6) is 0 Å². The molecule has 3 unspecified atom stereocenters. The van der Waals surface area contributed by atoms with E-state index >= 15 is 0 Å². The van der Waals surface area contributed by atoms with E-state index in [0.717, 1.165) is 18.4 Å². The molecule has 0 aromatic carbocycles. The zero-order valence-electron chi connectivity index (χ0n) is 11.5. The summed E-state index contributed by atoms with van der Waals surface area (Å²) in [6, 6.07) is 0.579. The standard InChI is InChI=1S/C14H29NO/c1-5-12-6-7-13(15-4)14(10-12)16-9-8-11(2)3/h11-15H,5-10H2,1-4H3. The Kier molecular flexibility index (Phi) is 6.37. The van der Waals surface area contributed by atoms with E-state index < -0.39 is 0 Å². The van der Waals surface area contributed by atoms with Gasteiger partial charge in [0, 0.05) is 12.6 Å². The van der Waals surface area contributed by atoms with E-state index in [-0.39, 0.29) is 0 Å². The fourth-order valence-corrected chi connectivity index (χ4v) is 2.55. The Bertz CT molecular complexity index is 182. The van der Waals surface area contributed by atoms with Crippen molar-refractivity contribution in [3.05, 3.63) is 0 Å². The van der Waals surface area contributed by atoms with Crippen LogP contribution in [0.2, 0.25) is 0 Å². The monoisotopic (exact) mass is 227 g/mol. The van der Waals surface area contributed by atoms with E-state index in [9.17, 15) is 0 Å². The lowest BCUT2D eigenvalue weighted by Gasteiger charge is -2.35. The maximum absolute atomic E-state index is 6.07. The Morgan fingerprint density at radius 2 is 2.06 bits per heavy atom. The van der Waals surface area contributed by atoms with E-state index in [1.54, 1.807) is 0 Å². The van der Waals surface area contributed by atoms with Crippen LogP contribution in [0, 0.1) is 11.8 Å². The number of hydrogen-bond acceptors (Lipinski definition) is 2. The first-order valence-corrected chi connectivity index (χ1v) is 6.96. The van der Waals surface area contributed by atoms with Crippen LogP contribution in [0.25, 0.3) is 0 Å². The van der Waals surface area contributed by atoms with Crippen LogP contribution in [-0.2, 0) is 4.74 Å². The third kappa shape index (κ3) is 4.42. The van der Waals surface area contributed by atoms with E-state index in [1.807, 2.05) is 0 Å². The number of nitrogens with one attached hydrogen (secondary N) is 1. The number of likely N-dealkylation sites (N-methyl/N-ethyl adjacent to an activating group) is 1. The summed E-state index contributed by atoms with van der Waals surface area (Å²) in [4.78, 5) is 0. The summed E-state index contributed by atoms with van der Waals surface area (Å²) in [6.07, 6.45) is 6.83. The van der Waals surface area contributed by atoms with Gasteiger partial charge < -0.3 is 10.1 Å². The highest BCUT2D eigenvalue weighted by atomic mass is 16.5. The van der Waals surface area contributed by atoms with Gasteiger partial charge in [0.25, 0.3) is 0 Å². The Balaban J connectivity index is 2.33. The molecule has 1 N–H and O–H groups in total. The molecule has 0 aliphatic heterocycles. The van der Waals surface area contributed by atoms with Gasteiger partial charge in [-0.2, -0.15) is 0 Å². The third-order valence-electron chi connectivity index (χ3n) is 3.88. The Hall–Kier alpha value is -0.0800. The zero-order valence-corrected chi connectivity index (χ0v) is 11.5. The van der Waals surface area contributed by atoms with Gasteiger partial charge in [-0.25, -0.2) is 0 Å². The van der Waals surface area contributed by atoms with E-state index in [1.165, 1.54) is 32.1 Å². The molecule has 3 atom stereocenters. The van der Waals surface area contributed by atoms with Gasteiger partial charge in [-0.1, -0.05) is 27.2 Å². The van der Waals surface area contributed by atoms with Crippen molar-refractivity contribution < 1.29 is 4.74 Å². The summed E-state index contributed by atoms with van der Waals surface area (Å²) in [6.45, 7) is 7.75. The molecule has 0 bridgehead atoms. The van der Waals surface area contributed by atoms with Crippen molar-refractivity contribution in [2.45, 2.75) is 65.0 Å². The SMILES string of the molecule is CCC1CCC(NC)C(OCCC(C)C)C1. The summed E-state index contributed by atoms with van der Waals surface area (Å²) < 4.78 is 6.07. The molecule has 0 heterocycles. The quantitative estimate of drug-likeness (QED) is 0.752. The molecule has 2 heteroatoms. The van der Waals surface area contributed by atoms with Gasteiger partial charge in [0.15, 0.2) is 0 Å². The highest BCUT2D eigenvalue weighted by molar-refractivity contribution is 4.84. The molecule has 96 valence electrons. The molecule has 0 radical (unpaired) electrons. The minimum Gasteiger partial charge on any atom is -0.377 e. The maximum atomic E-state index is 6.07. The molecule has 1 aliphatic carbocycles. The van der Waals surface area contributed by atoms with Gasteiger partial charge >= 0.3 is 0 Å². The van der Waals surface area contributed by atoms with Crippen LogP contribution < -0.4 is 5.32 Å². The molecule has 2 nitrogen and oxygen atoms in total. The van der Waals surface area contributed by atoms with Gasteiger partial charge in [-0.05, 0) is 44.6 Å². The lowest BCUT2D eigenvalue weighted by Crippen LogP contribution is -2.44. The first-order valence-electron chi connectivity index (χ1n) is 6.96. The molecule has 0 aromatic heterocycles. The number of rotatable bonds is 6. The minimum absolute atomic E-state index is 0.447. The summed E-state index contributed by atoms with van der Waals surface area (Å²) in [5, 5.41) is 3.41. The second-order valence-corrected chi connectivity index (χ2v) is 5.57. The fourth-order valence-electron chi connectivity index (χ4n) is 2.55. The first-order chi connectivity index (χ1) is 7.67. The topological polar surface area (TPSA) is 21.3 Å². The van der Waals surface area contributed by atoms with Crippen LogP contribution in [0.3, 0.4) is 0 Å². The van der Waals surface area contributed by atoms with Crippen molar-refractivity contribution in [3.63, 3.8) is 0 Å². The Labute approximate surface area is 101 Å². The van der Waals surface area contributed by atoms with Crippen LogP contribution in [-0.4, -0.2) is 25.8 Å². The summed E-state index contributed by atoms with van der Waals surface area (Å²) in [5.41, 5.74) is 0. The third-order valence-corrected chi connectivity index (χ3v) is 3.88. The second-order valence-electron chi connectivity index (χ2n) is 5.57. The number of ether oxygens (including phenoxy) is 1. The summed E-state index contributed by atoms with van der Waals surface area (Å²) >= 11 is 0. The van der Waals surface area contributed by atoms with Crippen molar-refractivity contribution in [2.24, 2.45) is 11.8 Å². The lowest BCUT2D eigenvalue weighted by molar-refractivity contribution is -0.0126. The molecule has 0 spiro atoms. The van der Waals surface area contributed by atoms with Crippen molar-refractivity contribution in [2.75, 3.05) is 13.7 Å². The van der Waals surface area contributed by atoms with Crippen molar-refractivity contribution in [3.8, 4) is 0 Å². The van der Waals surface area contributed by atoms with Crippen molar-refractivity contribution in [1.29, 1.82) is 0 Å². The highest BCUT2D eigenvalue weighted by Crippen LogP contribution is 2.28. The van der Waals surface area contributed by atoms with Crippen LogP contribution in [0.15, 0.2) is 0 Å². The average Bonchev–Trinajstić information content (AvgIpc) is 2.28. The largest absolute Gasteiger partial charge is 0.377 e. The fraction of sp³-hybridized carbons (Fsp3) is 1.00. The smallest absolute Gasteiger partial charge is 0.0730 e. The molecule has 1 saturated carbocycles. The zero-order chi connectivity index (χ0) is 12.0. The van der Waals surface area contributed by atoms with Gasteiger partial charge in [0.1, 0.15) is 0 Å². The Morgan fingerprint density at radius 3 is 2.62 bits per heavy atom. The van der Waals surface area contributed by atoms with Gasteiger partial charge in [0.2, 0.25) is 0 Å². The lowest BCUT2D eigenvalue weighted by atomic mass is 9.82. The molecule has 0 saturated heterocycles.